The minimum atomic E-state index is -0.752. The van der Waals surface area contributed by atoms with E-state index in [1.165, 1.54) is 6.20 Å². The number of para-hydroxylation sites is 2. The molecule has 88 valence electrons. The molecule has 1 aliphatic rings. The van der Waals surface area contributed by atoms with E-state index in [9.17, 15) is 10.4 Å². The van der Waals surface area contributed by atoms with Crippen LogP contribution in [0.2, 0.25) is 0 Å². The lowest BCUT2D eigenvalue weighted by Crippen LogP contribution is -2.42. The number of benzene rings is 1. The van der Waals surface area contributed by atoms with Crippen molar-refractivity contribution in [1.29, 1.82) is 0 Å². The van der Waals surface area contributed by atoms with Gasteiger partial charge in [0, 0.05) is 12.1 Å². The van der Waals surface area contributed by atoms with Crippen LogP contribution in [0.5, 0.6) is 0 Å². The average molecular weight is 234 g/mol. The molecule has 1 saturated heterocycles. The molecule has 2 aromatic rings. The number of hydrogen-bond acceptors (Lipinski definition) is 4. The molecule has 2 heterocycles. The predicted molar refractivity (Wildman–Crippen MR) is 56.5 cm³/mol. The van der Waals surface area contributed by atoms with Crippen molar-refractivity contribution in [3.63, 3.8) is 0 Å². The third-order valence-corrected chi connectivity index (χ3v) is 2.69. The van der Waals surface area contributed by atoms with Gasteiger partial charge in [-0.15, -0.1) is 0 Å². The predicted octanol–water partition coefficient (Wildman–Crippen LogP) is 0.152. The normalized spacial score (nSPS) is 16.7. The fourth-order valence-electron chi connectivity index (χ4n) is 1.89. The van der Waals surface area contributed by atoms with Crippen LogP contribution in [-0.4, -0.2) is 13.2 Å². The molecule has 0 N–H and O–H groups in total. The van der Waals surface area contributed by atoms with E-state index in [0.29, 0.717) is 33.7 Å². The van der Waals surface area contributed by atoms with Gasteiger partial charge in [-0.05, 0) is 0 Å². The van der Waals surface area contributed by atoms with Crippen LogP contribution in [0.1, 0.15) is 12.0 Å². The Morgan fingerprint density at radius 1 is 1.06 bits per heavy atom. The van der Waals surface area contributed by atoms with E-state index < -0.39 is 6.29 Å². The molecule has 0 amide bonds. The van der Waals surface area contributed by atoms with Gasteiger partial charge >= 0.3 is 5.69 Å². The smallest absolute Gasteiger partial charge is 0.315 e. The zero-order valence-corrected chi connectivity index (χ0v) is 8.91. The molecule has 3 rings (SSSR count). The monoisotopic (exact) mass is 234 g/mol. The Morgan fingerprint density at radius 3 is 2.41 bits per heavy atom. The van der Waals surface area contributed by atoms with Gasteiger partial charge in [0.15, 0.2) is 0 Å². The molecule has 1 aromatic heterocycles. The summed E-state index contributed by atoms with van der Waals surface area (Å²) in [6.45, 7) is 0.854. The van der Waals surface area contributed by atoms with Crippen molar-refractivity contribution in [3.8, 4) is 0 Å². The van der Waals surface area contributed by atoms with E-state index in [1.54, 1.807) is 24.3 Å². The molecular weight excluding hydrogens is 224 g/mol. The van der Waals surface area contributed by atoms with Gasteiger partial charge in [0.05, 0.1) is 13.2 Å². The summed E-state index contributed by atoms with van der Waals surface area (Å²) in [6, 6.07) is 6.60. The fourth-order valence-corrected chi connectivity index (χ4v) is 1.89. The van der Waals surface area contributed by atoms with E-state index >= 15 is 0 Å². The van der Waals surface area contributed by atoms with Crippen molar-refractivity contribution in [2.45, 2.75) is 6.29 Å². The second-order valence-corrected chi connectivity index (χ2v) is 3.74. The highest BCUT2D eigenvalue weighted by molar-refractivity contribution is 5.67. The van der Waals surface area contributed by atoms with Gasteiger partial charge in [-0.25, -0.2) is 0 Å². The Morgan fingerprint density at radius 2 is 1.71 bits per heavy atom. The highest BCUT2D eigenvalue weighted by Gasteiger charge is 2.31. The van der Waals surface area contributed by atoms with Gasteiger partial charge in [-0.2, -0.15) is 9.46 Å². The lowest BCUT2D eigenvalue weighted by Gasteiger charge is -2.10. The third-order valence-electron chi connectivity index (χ3n) is 2.69. The number of nitrogens with zero attached hydrogens (tertiary/aromatic N) is 2. The number of rotatable bonds is 1. The van der Waals surface area contributed by atoms with Gasteiger partial charge < -0.3 is 19.9 Å². The van der Waals surface area contributed by atoms with Crippen LogP contribution >= 0.6 is 0 Å². The summed E-state index contributed by atoms with van der Waals surface area (Å²) in [5.74, 6) is 0. The second kappa shape index (κ2) is 3.83. The second-order valence-electron chi connectivity index (χ2n) is 3.74. The van der Waals surface area contributed by atoms with E-state index in [1.807, 2.05) is 0 Å². The molecule has 1 aromatic carbocycles. The first-order valence-electron chi connectivity index (χ1n) is 5.25. The van der Waals surface area contributed by atoms with Crippen molar-refractivity contribution in [2.75, 3.05) is 13.2 Å². The molecule has 0 aliphatic carbocycles. The van der Waals surface area contributed by atoms with Gasteiger partial charge in [-0.3, -0.25) is 0 Å². The molecule has 0 saturated carbocycles. The highest BCUT2D eigenvalue weighted by Crippen LogP contribution is 2.20. The van der Waals surface area contributed by atoms with Crippen molar-refractivity contribution in [2.24, 2.45) is 0 Å². The summed E-state index contributed by atoms with van der Waals surface area (Å²) < 4.78 is 11.8. The first kappa shape index (κ1) is 10.2. The van der Waals surface area contributed by atoms with Crippen LogP contribution in [0.25, 0.3) is 11.0 Å². The molecule has 17 heavy (non-hydrogen) atoms. The van der Waals surface area contributed by atoms with Crippen molar-refractivity contribution in [1.82, 2.24) is 0 Å². The molecule has 0 unspecified atom stereocenters. The Balaban J connectivity index is 2.22. The van der Waals surface area contributed by atoms with Crippen LogP contribution in [0.3, 0.4) is 0 Å². The standard InChI is InChI=1S/C11H10N2O4/c14-12-7-10(11-16-5-6-17-11)13(15)9-4-2-1-3-8(9)12/h1-4,7,11H,5-6H2. The van der Waals surface area contributed by atoms with E-state index in [-0.39, 0.29) is 5.69 Å². The lowest BCUT2D eigenvalue weighted by atomic mass is 10.3. The van der Waals surface area contributed by atoms with Crippen molar-refractivity contribution < 1.29 is 18.9 Å². The van der Waals surface area contributed by atoms with E-state index in [2.05, 4.69) is 0 Å². The zero-order valence-electron chi connectivity index (χ0n) is 8.91. The molecule has 0 atom stereocenters. The number of ether oxygens (including phenoxy) is 2. The van der Waals surface area contributed by atoms with Crippen molar-refractivity contribution >= 4 is 11.0 Å². The fraction of sp³-hybridized carbons (Fsp3) is 0.273. The minimum absolute atomic E-state index is 0.177. The van der Waals surface area contributed by atoms with Gasteiger partial charge in [0.2, 0.25) is 0 Å². The number of fused-ring (bicyclic) bond motifs is 1. The topological polar surface area (TPSA) is 72.3 Å². The summed E-state index contributed by atoms with van der Waals surface area (Å²) in [5.41, 5.74) is 0.805. The lowest BCUT2D eigenvalue weighted by molar-refractivity contribution is -0.640. The van der Waals surface area contributed by atoms with Gasteiger partial charge in [-0.1, -0.05) is 12.1 Å². The van der Waals surface area contributed by atoms with Crippen LogP contribution < -0.4 is 9.46 Å². The molecule has 0 bridgehead atoms. The summed E-state index contributed by atoms with van der Waals surface area (Å²) in [4.78, 5) is 0. The molecular formula is C11H10N2O4. The molecule has 1 fully saturated rings. The SMILES string of the molecule is [O-][n+]1cc(C2OCCO2)[n+]([O-])c2ccccc21. The molecule has 6 nitrogen and oxygen atoms in total. The Hall–Kier alpha value is -1.92. The maximum Gasteiger partial charge on any atom is 0.315 e. The third kappa shape index (κ3) is 1.58. The molecule has 0 spiro atoms. The molecule has 1 aliphatic heterocycles. The quantitative estimate of drug-likeness (QED) is 0.520. The summed E-state index contributed by atoms with van der Waals surface area (Å²) in [5, 5.41) is 23.8. The Kier molecular flexibility index (Phi) is 2.31. The summed E-state index contributed by atoms with van der Waals surface area (Å²) >= 11 is 0. The van der Waals surface area contributed by atoms with E-state index in [4.69, 9.17) is 9.47 Å². The van der Waals surface area contributed by atoms with Gasteiger partial charge in [0.25, 0.3) is 23.5 Å². The van der Waals surface area contributed by atoms with Crippen LogP contribution in [0, 0.1) is 10.4 Å². The first-order valence-corrected chi connectivity index (χ1v) is 5.25. The average Bonchev–Trinajstić information content (AvgIpc) is 2.87. The Bertz CT molecular complexity index is 567. The maximum atomic E-state index is 12.1. The van der Waals surface area contributed by atoms with Gasteiger partial charge in [0.1, 0.15) is 0 Å². The van der Waals surface area contributed by atoms with Crippen molar-refractivity contribution in [3.05, 3.63) is 46.6 Å². The zero-order chi connectivity index (χ0) is 11.8. The van der Waals surface area contributed by atoms with Crippen LogP contribution in [-0.2, 0) is 9.47 Å². The largest absolute Gasteiger partial charge is 0.618 e. The highest BCUT2D eigenvalue weighted by atomic mass is 16.7. The van der Waals surface area contributed by atoms with Crippen LogP contribution in [0.4, 0.5) is 0 Å². The first-order chi connectivity index (χ1) is 8.27. The number of aromatic nitrogens is 2. The molecule has 6 heteroatoms. The van der Waals surface area contributed by atoms with Crippen LogP contribution in [0.15, 0.2) is 30.5 Å². The number of hydrogen-bond donors (Lipinski definition) is 0. The molecule has 0 radical (unpaired) electrons. The summed E-state index contributed by atoms with van der Waals surface area (Å²) in [6.07, 6.45) is 0.447. The Labute approximate surface area is 96.8 Å². The van der Waals surface area contributed by atoms with E-state index in [0.717, 1.165) is 0 Å². The minimum Gasteiger partial charge on any atom is -0.618 e. The maximum absolute atomic E-state index is 12.1. The summed E-state index contributed by atoms with van der Waals surface area (Å²) in [7, 11) is 0.